The van der Waals surface area contributed by atoms with Crippen LogP contribution in [0.5, 0.6) is 5.75 Å². The Kier molecular flexibility index (Phi) is 9.75. The highest BCUT2D eigenvalue weighted by atomic mass is 32.2. The minimum absolute atomic E-state index is 0.0275. The first kappa shape index (κ1) is 23.4. The summed E-state index contributed by atoms with van der Waals surface area (Å²) in [7, 11) is 1.67. The highest BCUT2D eigenvalue weighted by Crippen LogP contribution is 2.28. The molecule has 1 heterocycles. The minimum atomic E-state index is -0.102. The van der Waals surface area contributed by atoms with E-state index in [0.29, 0.717) is 6.54 Å². The number of amides is 1. The van der Waals surface area contributed by atoms with Crippen molar-refractivity contribution in [2.45, 2.75) is 62.8 Å². The summed E-state index contributed by atoms with van der Waals surface area (Å²) in [5, 5.41) is 9.93. The van der Waals surface area contributed by atoms with Crippen LogP contribution >= 0.6 is 24.0 Å². The predicted octanol–water partition coefficient (Wildman–Crippen LogP) is 3.66. The molecular formula is C23H35N3O2S2. The van der Waals surface area contributed by atoms with Gasteiger partial charge in [0.2, 0.25) is 5.91 Å². The van der Waals surface area contributed by atoms with Crippen molar-refractivity contribution in [3.8, 4) is 5.75 Å². The monoisotopic (exact) mass is 449 g/mol. The summed E-state index contributed by atoms with van der Waals surface area (Å²) < 4.78 is 5.22. The Morgan fingerprint density at radius 1 is 1.27 bits per heavy atom. The zero-order chi connectivity index (χ0) is 21.2. The van der Waals surface area contributed by atoms with Crippen LogP contribution < -0.4 is 20.7 Å². The smallest absolute Gasteiger partial charge is 0.234 e. The first-order valence-electron chi connectivity index (χ1n) is 11.2. The van der Waals surface area contributed by atoms with Crippen LogP contribution in [0.4, 0.5) is 0 Å². The van der Waals surface area contributed by atoms with Crippen LogP contribution in [0.15, 0.2) is 24.3 Å². The van der Waals surface area contributed by atoms with Gasteiger partial charge in [-0.2, -0.15) is 0 Å². The molecule has 3 N–H and O–H groups in total. The quantitative estimate of drug-likeness (QED) is 0.500. The van der Waals surface area contributed by atoms with Gasteiger partial charge in [0.25, 0.3) is 0 Å². The van der Waals surface area contributed by atoms with Crippen molar-refractivity contribution >= 4 is 34.9 Å². The van der Waals surface area contributed by atoms with Gasteiger partial charge in [0.05, 0.1) is 23.4 Å². The molecular weight excluding hydrogens is 414 g/mol. The largest absolute Gasteiger partial charge is 0.497 e. The van der Waals surface area contributed by atoms with Crippen LogP contribution in [0, 0.1) is 5.92 Å². The highest BCUT2D eigenvalue weighted by Gasteiger charge is 2.26. The van der Waals surface area contributed by atoms with E-state index in [4.69, 9.17) is 17.0 Å². The maximum atomic E-state index is 12.8. The van der Waals surface area contributed by atoms with Gasteiger partial charge in [0.1, 0.15) is 5.75 Å². The number of rotatable bonds is 9. The van der Waals surface area contributed by atoms with Crippen molar-refractivity contribution in [1.82, 2.24) is 16.0 Å². The van der Waals surface area contributed by atoms with Gasteiger partial charge in [-0.25, -0.2) is 0 Å². The number of thioether (sulfide) groups is 1. The molecule has 166 valence electrons. The Balaban J connectivity index is 1.55. The lowest BCUT2D eigenvalue weighted by molar-refractivity contribution is -0.120. The Morgan fingerprint density at radius 2 is 2.03 bits per heavy atom. The zero-order valence-electron chi connectivity index (χ0n) is 18.0. The molecule has 1 aliphatic carbocycles. The molecule has 2 atom stereocenters. The third-order valence-electron chi connectivity index (χ3n) is 6.07. The van der Waals surface area contributed by atoms with Gasteiger partial charge in [-0.1, -0.05) is 56.5 Å². The van der Waals surface area contributed by atoms with Crippen LogP contribution in [0.3, 0.4) is 0 Å². The summed E-state index contributed by atoms with van der Waals surface area (Å²) in [5.41, 5.74) is 1.14. The molecule has 7 heteroatoms. The molecule has 2 fully saturated rings. The second-order valence-electron chi connectivity index (χ2n) is 8.27. The topological polar surface area (TPSA) is 62.4 Å². The summed E-state index contributed by atoms with van der Waals surface area (Å²) >= 11 is 7.47. The third kappa shape index (κ3) is 7.43. The van der Waals surface area contributed by atoms with Gasteiger partial charge in [-0.3, -0.25) is 4.79 Å². The van der Waals surface area contributed by atoms with E-state index in [1.165, 1.54) is 32.1 Å². The van der Waals surface area contributed by atoms with Crippen LogP contribution in [0.25, 0.3) is 0 Å². The first-order chi connectivity index (χ1) is 14.7. The lowest BCUT2D eigenvalue weighted by Gasteiger charge is -2.28. The number of hydrogen-bond acceptors (Lipinski definition) is 5. The molecule has 0 spiro atoms. The number of ether oxygens (including phenoxy) is 1. The van der Waals surface area contributed by atoms with E-state index >= 15 is 0 Å². The molecule has 0 radical (unpaired) electrons. The number of hydrogen-bond donors (Lipinski definition) is 3. The summed E-state index contributed by atoms with van der Waals surface area (Å²) in [4.78, 5) is 13.6. The van der Waals surface area contributed by atoms with Gasteiger partial charge < -0.3 is 20.7 Å². The van der Waals surface area contributed by atoms with Crippen molar-refractivity contribution in [3.63, 3.8) is 0 Å². The molecule has 1 aromatic carbocycles. The van der Waals surface area contributed by atoms with Gasteiger partial charge in [0, 0.05) is 25.4 Å². The van der Waals surface area contributed by atoms with Crippen molar-refractivity contribution in [1.29, 1.82) is 0 Å². The lowest BCUT2D eigenvalue weighted by atomic mass is 9.85. The van der Waals surface area contributed by atoms with Gasteiger partial charge in [-0.05, 0) is 36.5 Å². The highest BCUT2D eigenvalue weighted by molar-refractivity contribution is 8.00. The Labute approximate surface area is 190 Å². The van der Waals surface area contributed by atoms with E-state index in [0.717, 1.165) is 53.9 Å². The molecule has 1 amide bonds. The van der Waals surface area contributed by atoms with Gasteiger partial charge in [-0.15, -0.1) is 11.8 Å². The van der Waals surface area contributed by atoms with E-state index in [-0.39, 0.29) is 17.2 Å². The normalized spacial score (nSPS) is 20.9. The maximum Gasteiger partial charge on any atom is 0.234 e. The fraction of sp³-hybridized carbons (Fsp3) is 0.652. The van der Waals surface area contributed by atoms with E-state index in [9.17, 15) is 4.79 Å². The first-order valence-corrected chi connectivity index (χ1v) is 12.6. The number of benzene rings is 1. The number of thiocarbonyl (C=S) groups is 1. The molecule has 1 saturated carbocycles. The summed E-state index contributed by atoms with van der Waals surface area (Å²) in [6.07, 6.45) is 8.72. The van der Waals surface area contributed by atoms with Crippen LogP contribution in [0.2, 0.25) is 0 Å². The Morgan fingerprint density at radius 3 is 2.70 bits per heavy atom. The molecule has 5 nitrogen and oxygen atoms in total. The Bertz CT molecular complexity index is 672. The molecule has 2 aliphatic rings. The van der Waals surface area contributed by atoms with E-state index < -0.39 is 0 Å². The molecule has 1 saturated heterocycles. The van der Waals surface area contributed by atoms with Crippen molar-refractivity contribution in [3.05, 3.63) is 29.8 Å². The van der Waals surface area contributed by atoms with Crippen LogP contribution in [0.1, 0.15) is 50.5 Å². The second-order valence-corrected chi connectivity index (χ2v) is 10.0. The number of methoxy groups -OCH3 is 1. The molecule has 0 unspecified atom stereocenters. The summed E-state index contributed by atoms with van der Waals surface area (Å²) in [6, 6.07) is 7.88. The van der Waals surface area contributed by atoms with Crippen LogP contribution in [-0.4, -0.2) is 48.1 Å². The van der Waals surface area contributed by atoms with E-state index in [1.807, 2.05) is 24.3 Å². The number of carbonyl (C=O) groups is 1. The lowest BCUT2D eigenvalue weighted by Crippen LogP contribution is -2.51. The summed E-state index contributed by atoms with van der Waals surface area (Å²) in [6.45, 7) is 2.36. The average molecular weight is 450 g/mol. The number of carbonyl (C=O) groups excluding carboxylic acids is 1. The molecule has 30 heavy (non-hydrogen) atoms. The summed E-state index contributed by atoms with van der Waals surface area (Å²) in [5.74, 6) is 2.70. The van der Waals surface area contributed by atoms with Crippen molar-refractivity contribution in [2.24, 2.45) is 5.92 Å². The third-order valence-corrected chi connectivity index (χ3v) is 7.72. The van der Waals surface area contributed by atoms with Crippen LogP contribution in [-0.2, 0) is 11.3 Å². The fourth-order valence-electron chi connectivity index (χ4n) is 4.20. The molecule has 0 bridgehead atoms. The maximum absolute atomic E-state index is 12.8. The van der Waals surface area contributed by atoms with E-state index in [2.05, 4.69) is 16.0 Å². The van der Waals surface area contributed by atoms with Crippen molar-refractivity contribution < 1.29 is 9.53 Å². The fourth-order valence-corrected chi connectivity index (χ4v) is 5.45. The predicted molar refractivity (Wildman–Crippen MR) is 129 cm³/mol. The molecule has 0 aromatic heterocycles. The van der Waals surface area contributed by atoms with Gasteiger partial charge >= 0.3 is 0 Å². The molecule has 1 aromatic rings. The average Bonchev–Trinajstić information content (AvgIpc) is 2.81. The SMILES string of the molecule is COc1ccc(CNC(=S)[C@@H](CCC2CCCCC2)NC(=O)[C@@H]2CNCCS2)cc1. The molecule has 1 aliphatic heterocycles. The van der Waals surface area contributed by atoms with E-state index in [1.54, 1.807) is 18.9 Å². The number of nitrogens with one attached hydrogen (secondary N) is 3. The second kappa shape index (κ2) is 12.5. The van der Waals surface area contributed by atoms with Gasteiger partial charge in [0.15, 0.2) is 0 Å². The minimum Gasteiger partial charge on any atom is -0.497 e. The zero-order valence-corrected chi connectivity index (χ0v) is 19.6. The standard InChI is InChI=1S/C23H35N3O2S2/c1-28-19-10-7-18(8-11-19)15-25-23(29)20(12-9-17-5-3-2-4-6-17)26-22(27)21-16-24-13-14-30-21/h7-8,10-11,17,20-21,24H,2-6,9,12-16H2,1H3,(H,25,29)(H,26,27)/t20-,21+/m1/s1. The van der Waals surface area contributed by atoms with Crippen molar-refractivity contribution in [2.75, 3.05) is 26.0 Å². The Hall–Kier alpha value is -1.31. The molecule has 3 rings (SSSR count).